The number of nitrogens with one attached hydrogen (secondary N) is 2. The van der Waals surface area contributed by atoms with E-state index in [1.807, 2.05) is 19.9 Å². The Bertz CT molecular complexity index is 1070. The monoisotopic (exact) mass is 403 g/mol. The second kappa shape index (κ2) is 7.78. The summed E-state index contributed by atoms with van der Waals surface area (Å²) in [5.74, 6) is 0.115. The highest BCUT2D eigenvalue weighted by Crippen LogP contribution is 2.43. The lowest BCUT2D eigenvalue weighted by molar-refractivity contribution is -0.117. The van der Waals surface area contributed by atoms with Crippen LogP contribution in [0.15, 0.2) is 65.1 Å². The molecular weight excluding hydrogens is 378 g/mol. The lowest BCUT2D eigenvalue weighted by Gasteiger charge is -2.36. The van der Waals surface area contributed by atoms with Gasteiger partial charge in [-0.3, -0.25) is 9.59 Å². The van der Waals surface area contributed by atoms with Crippen LogP contribution in [0, 0.1) is 12.8 Å². The molecule has 2 aromatic rings. The molecule has 2 atom stereocenters. The maximum Gasteiger partial charge on any atom is 0.255 e. The number of phenols is 1. The van der Waals surface area contributed by atoms with Gasteiger partial charge in [0.15, 0.2) is 5.78 Å². The fourth-order valence-corrected chi connectivity index (χ4v) is 4.26. The van der Waals surface area contributed by atoms with E-state index in [1.165, 1.54) is 0 Å². The first-order valence-electron chi connectivity index (χ1n) is 10.1. The maximum atomic E-state index is 13.3. The van der Waals surface area contributed by atoms with E-state index in [4.69, 9.17) is 0 Å². The molecule has 0 spiro atoms. The van der Waals surface area contributed by atoms with Crippen molar-refractivity contribution in [1.29, 1.82) is 0 Å². The number of hydrogen-bond acceptors (Lipinski definition) is 5. The van der Waals surface area contributed by atoms with Crippen molar-refractivity contribution in [3.8, 4) is 5.75 Å². The van der Waals surface area contributed by atoms with Crippen LogP contribution in [0.25, 0.3) is 0 Å². The molecule has 0 bridgehead atoms. The van der Waals surface area contributed by atoms with Crippen molar-refractivity contribution >= 4 is 17.5 Å². The van der Waals surface area contributed by atoms with Crippen LogP contribution in [0.4, 0.5) is 5.82 Å². The molecule has 0 unspecified atom stereocenters. The molecule has 1 amide bonds. The summed E-state index contributed by atoms with van der Waals surface area (Å²) in [5.41, 5.74) is 4.54. The van der Waals surface area contributed by atoms with Crippen molar-refractivity contribution in [1.82, 2.24) is 10.3 Å². The van der Waals surface area contributed by atoms with E-state index in [0.29, 0.717) is 23.4 Å². The van der Waals surface area contributed by atoms with Crippen LogP contribution in [0.5, 0.6) is 5.75 Å². The van der Waals surface area contributed by atoms with Gasteiger partial charge in [-0.2, -0.15) is 0 Å². The van der Waals surface area contributed by atoms with Crippen LogP contribution < -0.4 is 10.6 Å². The van der Waals surface area contributed by atoms with Crippen molar-refractivity contribution in [2.45, 2.75) is 39.5 Å². The minimum Gasteiger partial charge on any atom is -0.508 e. The Labute approximate surface area is 175 Å². The van der Waals surface area contributed by atoms with Gasteiger partial charge < -0.3 is 15.7 Å². The second-order valence-electron chi connectivity index (χ2n) is 8.19. The number of rotatable bonds is 3. The number of carbonyl (C=O) groups excluding carboxylic acids is 2. The van der Waals surface area contributed by atoms with Gasteiger partial charge in [-0.25, -0.2) is 4.98 Å². The Morgan fingerprint density at radius 3 is 2.53 bits per heavy atom. The summed E-state index contributed by atoms with van der Waals surface area (Å²) in [6.07, 6.45) is 2.92. The number of nitrogens with zero attached hydrogens (tertiary/aromatic N) is 1. The summed E-state index contributed by atoms with van der Waals surface area (Å²) in [5, 5.41) is 15.9. The van der Waals surface area contributed by atoms with Gasteiger partial charge in [0.2, 0.25) is 0 Å². The Morgan fingerprint density at radius 1 is 1.13 bits per heavy atom. The summed E-state index contributed by atoms with van der Waals surface area (Å²) in [4.78, 5) is 30.6. The summed E-state index contributed by atoms with van der Waals surface area (Å²) in [7, 11) is 0. The van der Waals surface area contributed by atoms with Gasteiger partial charge in [0.1, 0.15) is 11.6 Å². The van der Waals surface area contributed by atoms with E-state index >= 15 is 0 Å². The first-order valence-corrected chi connectivity index (χ1v) is 10.1. The lowest BCUT2D eigenvalue weighted by Crippen LogP contribution is -2.37. The molecule has 1 aromatic carbocycles. The molecule has 0 saturated heterocycles. The number of carbonyl (C=O) groups is 2. The molecule has 1 aliphatic carbocycles. The van der Waals surface area contributed by atoms with Gasteiger partial charge in [0, 0.05) is 41.1 Å². The van der Waals surface area contributed by atoms with Gasteiger partial charge in [-0.05, 0) is 55.5 Å². The quantitative estimate of drug-likeness (QED) is 0.722. The van der Waals surface area contributed by atoms with Gasteiger partial charge in [-0.1, -0.05) is 25.1 Å². The standard InChI is InChI=1S/C24H25N3O3/c1-13-4-9-20(25-12-13)27-24(30)21-15(3)26-18-10-14(2)11-19(29)23(18)22(21)16-5-7-17(28)8-6-16/h4-9,12,14,22,26,28H,10-11H2,1-3H3,(H,25,27,30)/t14-,22-/m0/s1. The number of aromatic nitrogens is 1. The third-order valence-electron chi connectivity index (χ3n) is 5.66. The largest absolute Gasteiger partial charge is 0.508 e. The van der Waals surface area contributed by atoms with Crippen molar-refractivity contribution < 1.29 is 14.7 Å². The number of allylic oxidation sites excluding steroid dienone is 3. The van der Waals surface area contributed by atoms with E-state index in [-0.39, 0.29) is 23.4 Å². The average molecular weight is 403 g/mol. The van der Waals surface area contributed by atoms with Crippen molar-refractivity contribution in [2.75, 3.05) is 5.32 Å². The van der Waals surface area contributed by atoms with Gasteiger partial charge >= 0.3 is 0 Å². The van der Waals surface area contributed by atoms with Gasteiger partial charge in [-0.15, -0.1) is 0 Å². The fraction of sp³-hybridized carbons (Fsp3) is 0.292. The lowest BCUT2D eigenvalue weighted by atomic mass is 9.73. The summed E-state index contributed by atoms with van der Waals surface area (Å²) in [6, 6.07) is 10.3. The van der Waals surface area contributed by atoms with Crippen LogP contribution >= 0.6 is 0 Å². The van der Waals surface area contributed by atoms with Gasteiger partial charge in [0.05, 0.1) is 0 Å². The number of amides is 1. The zero-order valence-corrected chi connectivity index (χ0v) is 17.3. The second-order valence-corrected chi connectivity index (χ2v) is 8.19. The number of Topliss-reactive ketones (excluding diaryl/α,β-unsaturated/α-hetero) is 1. The zero-order valence-electron chi connectivity index (χ0n) is 17.3. The maximum absolute atomic E-state index is 13.3. The number of pyridine rings is 1. The first kappa shape index (κ1) is 19.9. The van der Waals surface area contributed by atoms with Crippen LogP contribution in [0.1, 0.15) is 43.7 Å². The molecule has 0 radical (unpaired) electrons. The van der Waals surface area contributed by atoms with Gasteiger partial charge in [0.25, 0.3) is 5.91 Å². The van der Waals surface area contributed by atoms with E-state index < -0.39 is 5.92 Å². The molecule has 30 heavy (non-hydrogen) atoms. The smallest absolute Gasteiger partial charge is 0.255 e. The van der Waals surface area contributed by atoms with E-state index in [9.17, 15) is 14.7 Å². The normalized spacial score (nSPS) is 21.2. The highest BCUT2D eigenvalue weighted by molar-refractivity contribution is 6.09. The van der Waals surface area contributed by atoms with E-state index in [1.54, 1.807) is 36.5 Å². The molecule has 2 heterocycles. The SMILES string of the molecule is CC1=C(C(=O)Nc2ccc(C)cn2)[C@H](c2ccc(O)cc2)C2=C(C[C@H](C)CC2=O)N1. The molecule has 4 rings (SSSR count). The zero-order chi connectivity index (χ0) is 21.4. The van der Waals surface area contributed by atoms with E-state index in [0.717, 1.165) is 28.9 Å². The van der Waals surface area contributed by atoms with Crippen molar-refractivity contribution in [2.24, 2.45) is 5.92 Å². The Kier molecular flexibility index (Phi) is 5.16. The third kappa shape index (κ3) is 3.73. The molecule has 1 aliphatic heterocycles. The number of anilines is 1. The number of dihydropyridines is 1. The minimum atomic E-state index is -0.493. The Hall–Kier alpha value is -3.41. The molecule has 2 aliphatic rings. The van der Waals surface area contributed by atoms with Crippen LogP contribution in [0.3, 0.4) is 0 Å². The number of ketones is 1. The highest BCUT2D eigenvalue weighted by Gasteiger charge is 2.39. The number of benzene rings is 1. The Morgan fingerprint density at radius 2 is 1.87 bits per heavy atom. The topological polar surface area (TPSA) is 91.3 Å². The van der Waals surface area contributed by atoms with E-state index in [2.05, 4.69) is 22.5 Å². The van der Waals surface area contributed by atoms with Crippen LogP contribution in [0.2, 0.25) is 0 Å². The van der Waals surface area contributed by atoms with Crippen LogP contribution in [-0.2, 0) is 9.59 Å². The summed E-state index contributed by atoms with van der Waals surface area (Å²) >= 11 is 0. The molecule has 0 saturated carbocycles. The van der Waals surface area contributed by atoms with Crippen molar-refractivity contribution in [3.63, 3.8) is 0 Å². The number of phenolic OH excluding ortho intramolecular Hbond substituents is 1. The number of aryl methyl sites for hydroxylation is 1. The Balaban J connectivity index is 1.78. The first-order chi connectivity index (χ1) is 14.3. The number of hydrogen-bond donors (Lipinski definition) is 3. The summed E-state index contributed by atoms with van der Waals surface area (Å²) < 4.78 is 0. The third-order valence-corrected chi connectivity index (χ3v) is 5.66. The van der Waals surface area contributed by atoms with Crippen molar-refractivity contribution in [3.05, 3.63) is 76.3 Å². The highest BCUT2D eigenvalue weighted by atomic mass is 16.3. The van der Waals surface area contributed by atoms with Crippen LogP contribution in [-0.4, -0.2) is 21.8 Å². The minimum absolute atomic E-state index is 0.0561. The molecule has 3 N–H and O–H groups in total. The summed E-state index contributed by atoms with van der Waals surface area (Å²) in [6.45, 7) is 5.85. The number of aromatic hydroxyl groups is 1. The molecule has 0 fully saturated rings. The fourth-order valence-electron chi connectivity index (χ4n) is 4.26. The molecule has 6 nitrogen and oxygen atoms in total. The predicted octanol–water partition coefficient (Wildman–Crippen LogP) is 3.95. The molecular formula is C24H25N3O3. The predicted molar refractivity (Wildman–Crippen MR) is 115 cm³/mol. The molecule has 6 heteroatoms. The average Bonchev–Trinajstić information content (AvgIpc) is 2.69. The molecule has 154 valence electrons. The molecule has 1 aromatic heterocycles.